The summed E-state index contributed by atoms with van der Waals surface area (Å²) in [5.74, 6) is -1.47. The summed E-state index contributed by atoms with van der Waals surface area (Å²) in [4.78, 5) is 13.1. The molecule has 4 rings (SSSR count). The number of hydrogen-bond donors (Lipinski definition) is 0. The summed E-state index contributed by atoms with van der Waals surface area (Å²) in [5.41, 5.74) is -1.35. The lowest BCUT2D eigenvalue weighted by Crippen LogP contribution is -2.18. The summed E-state index contributed by atoms with van der Waals surface area (Å²) in [6, 6.07) is 12.2. The van der Waals surface area contributed by atoms with Gasteiger partial charge in [-0.05, 0) is 42.5 Å². The first-order chi connectivity index (χ1) is 15.2. The van der Waals surface area contributed by atoms with Crippen molar-refractivity contribution in [2.45, 2.75) is 12.7 Å². The zero-order valence-corrected chi connectivity index (χ0v) is 16.6. The molecule has 0 bridgehead atoms. The number of fused-ring (bicyclic) bond motifs is 1. The van der Waals surface area contributed by atoms with Crippen LogP contribution in [0.25, 0.3) is 22.2 Å². The van der Waals surface area contributed by atoms with Gasteiger partial charge in [-0.15, -0.1) is 0 Å². The van der Waals surface area contributed by atoms with Crippen molar-refractivity contribution in [1.29, 1.82) is 0 Å². The Kier molecular flexibility index (Phi) is 5.41. The van der Waals surface area contributed by atoms with Crippen molar-refractivity contribution in [1.82, 2.24) is 9.78 Å². The average Bonchev–Trinajstić information content (AvgIpc) is 2.76. The topological polar surface area (TPSA) is 44.1 Å². The maximum Gasteiger partial charge on any atom is 0.416 e. The molecule has 0 aliphatic rings. The molecule has 0 atom stereocenters. The average molecular weight is 446 g/mol. The van der Waals surface area contributed by atoms with Crippen molar-refractivity contribution in [3.8, 4) is 17.0 Å². The van der Waals surface area contributed by atoms with E-state index in [-0.39, 0.29) is 34.5 Å². The molecule has 0 unspecified atom stereocenters. The van der Waals surface area contributed by atoms with Gasteiger partial charge in [0.25, 0.3) is 0 Å². The quantitative estimate of drug-likeness (QED) is 0.394. The fourth-order valence-electron chi connectivity index (χ4n) is 3.41. The Hall–Kier alpha value is -3.75. The molecule has 9 heteroatoms. The van der Waals surface area contributed by atoms with E-state index in [4.69, 9.17) is 4.74 Å². The van der Waals surface area contributed by atoms with Gasteiger partial charge < -0.3 is 4.74 Å². The molecule has 1 heterocycles. The molecule has 0 fully saturated rings. The summed E-state index contributed by atoms with van der Waals surface area (Å²) >= 11 is 0. The molecule has 0 saturated carbocycles. The third-order valence-electron chi connectivity index (χ3n) is 4.98. The molecule has 4 aromatic rings. The van der Waals surface area contributed by atoms with Gasteiger partial charge in [0.15, 0.2) is 0 Å². The lowest BCUT2D eigenvalue weighted by molar-refractivity contribution is -0.137. The van der Waals surface area contributed by atoms with Crippen molar-refractivity contribution >= 4 is 10.9 Å². The van der Waals surface area contributed by atoms with Crippen LogP contribution in [0.1, 0.15) is 11.1 Å². The van der Waals surface area contributed by atoms with E-state index in [1.54, 1.807) is 18.2 Å². The lowest BCUT2D eigenvalue weighted by atomic mass is 10.1. The highest BCUT2D eigenvalue weighted by atomic mass is 19.4. The van der Waals surface area contributed by atoms with Crippen molar-refractivity contribution in [2.75, 3.05) is 7.11 Å². The Balaban J connectivity index is 1.91. The van der Waals surface area contributed by atoms with E-state index >= 15 is 0 Å². The van der Waals surface area contributed by atoms with Crippen LogP contribution in [0.2, 0.25) is 0 Å². The van der Waals surface area contributed by atoms with E-state index in [1.807, 2.05) is 0 Å². The van der Waals surface area contributed by atoms with Crippen LogP contribution in [-0.2, 0) is 12.7 Å². The summed E-state index contributed by atoms with van der Waals surface area (Å²) in [5, 5.41) is 4.53. The van der Waals surface area contributed by atoms with E-state index in [0.29, 0.717) is 11.6 Å². The van der Waals surface area contributed by atoms with Gasteiger partial charge in [-0.1, -0.05) is 18.2 Å². The largest absolute Gasteiger partial charge is 0.496 e. The van der Waals surface area contributed by atoms with E-state index in [1.165, 1.54) is 30.0 Å². The van der Waals surface area contributed by atoms with Gasteiger partial charge >= 0.3 is 6.18 Å². The van der Waals surface area contributed by atoms with Crippen molar-refractivity contribution in [2.24, 2.45) is 0 Å². The standard InChI is InChI=1S/C23H15F5N2O2/c1-32-20-9-8-15(24)11-17(20)21-22(31)16-4-2-3-5-19(16)30(29-21)12-13-6-7-14(10-18(13)25)23(26,27)28/h2-11H,12H2,1H3. The highest BCUT2D eigenvalue weighted by molar-refractivity contribution is 5.83. The number of methoxy groups -OCH3 is 1. The Labute approximate surface area is 178 Å². The van der Waals surface area contributed by atoms with Crippen LogP contribution < -0.4 is 10.2 Å². The Morgan fingerprint density at radius 3 is 2.44 bits per heavy atom. The second-order valence-electron chi connectivity index (χ2n) is 7.00. The summed E-state index contributed by atoms with van der Waals surface area (Å²) in [6.45, 7) is -0.255. The van der Waals surface area contributed by atoms with Gasteiger partial charge in [0.1, 0.15) is 23.1 Å². The molecular formula is C23H15F5N2O2. The first-order valence-corrected chi connectivity index (χ1v) is 9.38. The van der Waals surface area contributed by atoms with Crippen LogP contribution in [0.4, 0.5) is 22.0 Å². The highest BCUT2D eigenvalue weighted by Crippen LogP contribution is 2.31. The fraction of sp³-hybridized carbons (Fsp3) is 0.130. The normalized spacial score (nSPS) is 11.7. The molecule has 0 aliphatic carbocycles. The molecule has 3 aromatic carbocycles. The van der Waals surface area contributed by atoms with Crippen molar-refractivity contribution in [3.05, 3.63) is 93.6 Å². The van der Waals surface area contributed by atoms with Crippen LogP contribution in [0.5, 0.6) is 5.75 Å². The second kappa shape index (κ2) is 8.07. The monoisotopic (exact) mass is 446 g/mol. The number of halogens is 5. The molecule has 4 nitrogen and oxygen atoms in total. The predicted octanol–water partition coefficient (Wildman–Crippen LogP) is 5.42. The molecule has 1 aromatic heterocycles. The number of para-hydroxylation sites is 1. The molecular weight excluding hydrogens is 431 g/mol. The van der Waals surface area contributed by atoms with E-state index in [0.717, 1.165) is 18.2 Å². The summed E-state index contributed by atoms with van der Waals surface area (Å²) in [6.07, 6.45) is -4.68. The first-order valence-electron chi connectivity index (χ1n) is 9.38. The van der Waals surface area contributed by atoms with Crippen LogP contribution in [-0.4, -0.2) is 16.9 Å². The Morgan fingerprint density at radius 1 is 1.00 bits per heavy atom. The van der Waals surface area contributed by atoms with E-state index < -0.39 is 28.8 Å². The van der Waals surface area contributed by atoms with Crippen LogP contribution >= 0.6 is 0 Å². The Morgan fingerprint density at radius 2 is 1.75 bits per heavy atom. The number of aromatic nitrogens is 2. The number of alkyl halides is 3. The summed E-state index contributed by atoms with van der Waals surface area (Å²) in [7, 11) is 1.36. The second-order valence-corrected chi connectivity index (χ2v) is 7.00. The van der Waals surface area contributed by atoms with Crippen molar-refractivity contribution in [3.63, 3.8) is 0 Å². The predicted molar refractivity (Wildman–Crippen MR) is 108 cm³/mol. The SMILES string of the molecule is COc1ccc(F)cc1-c1nn(Cc2ccc(C(F)(F)F)cc2F)c2ccccc2c1=O. The number of rotatable bonds is 4. The molecule has 0 N–H and O–H groups in total. The van der Waals surface area contributed by atoms with Crippen molar-refractivity contribution < 1.29 is 26.7 Å². The van der Waals surface area contributed by atoms with Gasteiger partial charge in [0.2, 0.25) is 5.43 Å². The van der Waals surface area contributed by atoms with Gasteiger partial charge in [0.05, 0.1) is 30.3 Å². The molecule has 32 heavy (non-hydrogen) atoms. The van der Waals surface area contributed by atoms with Crippen LogP contribution in [0, 0.1) is 11.6 Å². The maximum atomic E-state index is 14.5. The molecule has 0 spiro atoms. The van der Waals surface area contributed by atoms with Gasteiger partial charge in [-0.3, -0.25) is 9.48 Å². The third kappa shape index (κ3) is 3.93. The Bertz CT molecular complexity index is 1380. The van der Waals surface area contributed by atoms with E-state index in [2.05, 4.69) is 5.10 Å². The van der Waals surface area contributed by atoms with Crippen LogP contribution in [0.15, 0.2) is 65.5 Å². The minimum atomic E-state index is -4.68. The lowest BCUT2D eigenvalue weighted by Gasteiger charge is -2.15. The number of ether oxygens (including phenoxy) is 1. The molecule has 164 valence electrons. The molecule has 0 aliphatic heterocycles. The zero-order valence-electron chi connectivity index (χ0n) is 16.6. The molecule has 0 radical (unpaired) electrons. The zero-order chi connectivity index (χ0) is 23.0. The summed E-state index contributed by atoms with van der Waals surface area (Å²) < 4.78 is 73.5. The fourth-order valence-corrected chi connectivity index (χ4v) is 3.41. The van der Waals surface area contributed by atoms with Gasteiger partial charge in [0, 0.05) is 10.9 Å². The maximum absolute atomic E-state index is 14.5. The molecule has 0 amide bonds. The number of nitrogens with zero attached hydrogens (tertiary/aromatic N) is 2. The third-order valence-corrected chi connectivity index (χ3v) is 4.98. The minimum absolute atomic E-state index is 0.0588. The highest BCUT2D eigenvalue weighted by Gasteiger charge is 2.31. The van der Waals surface area contributed by atoms with Gasteiger partial charge in [-0.2, -0.15) is 18.3 Å². The number of hydrogen-bond acceptors (Lipinski definition) is 3. The molecule has 0 saturated heterocycles. The number of benzene rings is 3. The smallest absolute Gasteiger partial charge is 0.416 e. The van der Waals surface area contributed by atoms with E-state index in [9.17, 15) is 26.7 Å². The minimum Gasteiger partial charge on any atom is -0.496 e. The van der Waals surface area contributed by atoms with Gasteiger partial charge in [-0.25, -0.2) is 8.78 Å². The first kappa shape index (κ1) is 21.5. The van der Waals surface area contributed by atoms with Crippen LogP contribution in [0.3, 0.4) is 0 Å².